The van der Waals surface area contributed by atoms with Gasteiger partial charge in [-0.1, -0.05) is 24.3 Å². The molecule has 3 heteroatoms. The molecule has 0 bridgehead atoms. The molecule has 0 unspecified atom stereocenters. The van der Waals surface area contributed by atoms with Crippen molar-refractivity contribution < 1.29 is 0 Å². The lowest BCUT2D eigenvalue weighted by Crippen LogP contribution is -2.28. The average Bonchev–Trinajstić information content (AvgIpc) is 3.10. The normalized spacial score (nSPS) is 17.8. The van der Waals surface area contributed by atoms with Gasteiger partial charge < -0.3 is 4.90 Å². The quantitative estimate of drug-likeness (QED) is 0.546. The first kappa shape index (κ1) is 17.6. The Kier molecular flexibility index (Phi) is 5.28. The van der Waals surface area contributed by atoms with Gasteiger partial charge in [-0.25, -0.2) is 4.98 Å². The minimum absolute atomic E-state index is 0.747. The highest BCUT2D eigenvalue weighted by Crippen LogP contribution is 2.25. The van der Waals surface area contributed by atoms with Gasteiger partial charge in [-0.15, -0.1) is 11.8 Å². The Morgan fingerprint density at radius 1 is 1.08 bits per heavy atom. The van der Waals surface area contributed by atoms with Crippen LogP contribution in [0.15, 0.2) is 59.5 Å². The summed E-state index contributed by atoms with van der Waals surface area (Å²) in [5.41, 5.74) is 4.71. The van der Waals surface area contributed by atoms with Crippen molar-refractivity contribution in [1.29, 1.82) is 0 Å². The van der Waals surface area contributed by atoms with Crippen LogP contribution in [0, 0.1) is 0 Å². The first-order valence-corrected chi connectivity index (χ1v) is 10.7. The molecule has 0 saturated carbocycles. The predicted molar refractivity (Wildman–Crippen MR) is 113 cm³/mol. The van der Waals surface area contributed by atoms with Crippen molar-refractivity contribution in [1.82, 2.24) is 9.88 Å². The Bertz CT molecular complexity index is 888. The van der Waals surface area contributed by atoms with E-state index < -0.39 is 0 Å². The molecule has 1 aromatic heterocycles. The minimum Gasteiger partial charge on any atom is -0.300 e. The summed E-state index contributed by atoms with van der Waals surface area (Å²) in [5, 5.41) is 1.24. The van der Waals surface area contributed by atoms with Crippen molar-refractivity contribution in [3.05, 3.63) is 60.2 Å². The highest BCUT2D eigenvalue weighted by Gasteiger charge is 2.19. The third-order valence-corrected chi connectivity index (χ3v) is 6.26. The van der Waals surface area contributed by atoms with Crippen LogP contribution in [0.2, 0.25) is 0 Å². The number of aromatic nitrogens is 1. The Morgan fingerprint density at radius 2 is 1.92 bits per heavy atom. The van der Waals surface area contributed by atoms with Crippen molar-refractivity contribution in [2.75, 3.05) is 19.3 Å². The Hall–Kier alpha value is -1.84. The van der Waals surface area contributed by atoms with Crippen LogP contribution in [-0.2, 0) is 6.42 Å². The summed E-state index contributed by atoms with van der Waals surface area (Å²) < 4.78 is 0. The summed E-state index contributed by atoms with van der Waals surface area (Å²) in [6.07, 6.45) is 5.93. The summed E-state index contributed by atoms with van der Waals surface area (Å²) >= 11 is 1.77. The molecule has 0 N–H and O–H groups in total. The molecule has 0 spiro atoms. The van der Waals surface area contributed by atoms with Crippen molar-refractivity contribution in [2.24, 2.45) is 0 Å². The van der Waals surface area contributed by atoms with Gasteiger partial charge in [0.1, 0.15) is 0 Å². The Labute approximate surface area is 160 Å². The van der Waals surface area contributed by atoms with Crippen LogP contribution in [0.3, 0.4) is 0 Å². The molecule has 1 saturated heterocycles. The first-order chi connectivity index (χ1) is 12.7. The fourth-order valence-corrected chi connectivity index (χ4v) is 4.26. The molecule has 2 nitrogen and oxygen atoms in total. The fourth-order valence-electron chi connectivity index (χ4n) is 3.85. The summed E-state index contributed by atoms with van der Waals surface area (Å²) in [4.78, 5) is 8.77. The van der Waals surface area contributed by atoms with E-state index in [4.69, 9.17) is 4.98 Å². The van der Waals surface area contributed by atoms with Gasteiger partial charge in [0.2, 0.25) is 0 Å². The molecule has 2 heterocycles. The van der Waals surface area contributed by atoms with Crippen LogP contribution in [-0.4, -0.2) is 35.3 Å². The van der Waals surface area contributed by atoms with Gasteiger partial charge in [-0.3, -0.25) is 0 Å². The van der Waals surface area contributed by atoms with Gasteiger partial charge in [0.05, 0.1) is 11.2 Å². The summed E-state index contributed by atoms with van der Waals surface area (Å²) in [5.74, 6) is 0. The molecular formula is C23H26N2S. The minimum atomic E-state index is 0.747. The zero-order valence-corrected chi connectivity index (χ0v) is 16.4. The molecule has 2 aromatic carbocycles. The van der Waals surface area contributed by atoms with Crippen molar-refractivity contribution in [2.45, 2.75) is 37.1 Å². The van der Waals surface area contributed by atoms with Crippen molar-refractivity contribution in [3.63, 3.8) is 0 Å². The third kappa shape index (κ3) is 3.79. The predicted octanol–water partition coefficient (Wildman–Crippen LogP) is 5.65. The van der Waals surface area contributed by atoms with E-state index in [9.17, 15) is 0 Å². The lowest BCUT2D eigenvalue weighted by atomic mass is 10.1. The lowest BCUT2D eigenvalue weighted by Gasteiger charge is -2.20. The smallest absolute Gasteiger partial charge is 0.0709 e. The zero-order valence-electron chi connectivity index (χ0n) is 15.6. The second-order valence-electron chi connectivity index (χ2n) is 7.23. The number of hydrogen-bond donors (Lipinski definition) is 0. The number of thioether (sulfide) groups is 1. The van der Waals surface area contributed by atoms with Crippen LogP contribution in [0.1, 0.15) is 25.3 Å². The van der Waals surface area contributed by atoms with Gasteiger partial charge in [0.15, 0.2) is 0 Å². The fraction of sp³-hybridized carbons (Fsp3) is 0.348. The molecule has 3 aromatic rings. The van der Waals surface area contributed by atoms with Crippen LogP contribution in [0.25, 0.3) is 22.2 Å². The van der Waals surface area contributed by atoms with E-state index in [0.29, 0.717) is 0 Å². The molecular weight excluding hydrogens is 336 g/mol. The highest BCUT2D eigenvalue weighted by molar-refractivity contribution is 7.98. The highest BCUT2D eigenvalue weighted by atomic mass is 32.2. The topological polar surface area (TPSA) is 16.1 Å². The number of nitrogens with zero attached hydrogens (tertiary/aromatic N) is 2. The van der Waals surface area contributed by atoms with Gasteiger partial charge in [-0.05, 0) is 74.9 Å². The van der Waals surface area contributed by atoms with Crippen LogP contribution in [0.4, 0.5) is 0 Å². The molecule has 1 aliphatic heterocycles. The number of benzene rings is 2. The van der Waals surface area contributed by atoms with E-state index in [1.54, 1.807) is 11.8 Å². The van der Waals surface area contributed by atoms with Gasteiger partial charge >= 0.3 is 0 Å². The molecule has 134 valence electrons. The molecule has 0 radical (unpaired) electrons. The monoisotopic (exact) mass is 362 g/mol. The van der Waals surface area contributed by atoms with Crippen molar-refractivity contribution >= 4 is 22.7 Å². The van der Waals surface area contributed by atoms with Crippen LogP contribution in [0.5, 0.6) is 0 Å². The number of hydrogen-bond acceptors (Lipinski definition) is 3. The Balaban J connectivity index is 1.52. The first-order valence-electron chi connectivity index (χ1n) is 9.51. The maximum absolute atomic E-state index is 4.87. The summed E-state index contributed by atoms with van der Waals surface area (Å²) in [6, 6.07) is 20.5. The molecule has 26 heavy (non-hydrogen) atoms. The van der Waals surface area contributed by atoms with Gasteiger partial charge in [0.25, 0.3) is 0 Å². The van der Waals surface area contributed by atoms with E-state index in [-0.39, 0.29) is 0 Å². The van der Waals surface area contributed by atoms with E-state index in [1.165, 1.54) is 47.3 Å². The molecule has 1 fully saturated rings. The number of pyridine rings is 1. The van der Waals surface area contributed by atoms with Crippen LogP contribution >= 0.6 is 11.8 Å². The number of rotatable bonds is 5. The zero-order chi connectivity index (χ0) is 17.9. The van der Waals surface area contributed by atoms with E-state index >= 15 is 0 Å². The van der Waals surface area contributed by atoms with Gasteiger partial charge in [0, 0.05) is 28.4 Å². The maximum Gasteiger partial charge on any atom is 0.0709 e. The lowest BCUT2D eigenvalue weighted by molar-refractivity contribution is 0.272. The van der Waals surface area contributed by atoms with Gasteiger partial charge in [-0.2, -0.15) is 0 Å². The SMILES string of the molecule is CSc1ccc(-c2ccc3cc(CCN4CCC[C@H]4C)ccc3n2)cc1. The Morgan fingerprint density at radius 3 is 2.65 bits per heavy atom. The summed E-state index contributed by atoms with van der Waals surface area (Å²) in [6.45, 7) is 4.78. The molecule has 0 aliphatic carbocycles. The largest absolute Gasteiger partial charge is 0.300 e. The molecule has 1 aliphatic rings. The standard InChI is InChI=1S/C23H26N2S/c1-17-4-3-14-25(17)15-13-18-5-11-23-20(16-18)8-12-22(24-23)19-6-9-21(26-2)10-7-19/h5-12,16-17H,3-4,13-15H2,1-2H3/t17-/m1/s1. The average molecular weight is 363 g/mol. The summed E-state index contributed by atoms with van der Waals surface area (Å²) in [7, 11) is 0. The number of likely N-dealkylation sites (tertiary alicyclic amines) is 1. The second-order valence-corrected chi connectivity index (χ2v) is 8.11. The van der Waals surface area contributed by atoms with E-state index in [1.807, 2.05) is 0 Å². The van der Waals surface area contributed by atoms with Crippen molar-refractivity contribution in [3.8, 4) is 11.3 Å². The molecule has 4 rings (SSSR count). The van der Waals surface area contributed by atoms with Crippen LogP contribution < -0.4 is 0 Å². The number of fused-ring (bicyclic) bond motifs is 1. The van der Waals surface area contributed by atoms with E-state index in [2.05, 4.69) is 72.7 Å². The molecule has 0 amide bonds. The van der Waals surface area contributed by atoms with E-state index in [0.717, 1.165) is 23.7 Å². The third-order valence-electron chi connectivity index (χ3n) is 5.52. The second kappa shape index (κ2) is 7.81. The molecule has 1 atom stereocenters. The maximum atomic E-state index is 4.87.